The van der Waals surface area contributed by atoms with Gasteiger partial charge in [0, 0.05) is 18.7 Å². The minimum absolute atomic E-state index is 0.0121. The Balaban J connectivity index is 2.27. The van der Waals surface area contributed by atoms with E-state index in [-0.39, 0.29) is 17.8 Å². The third-order valence-corrected chi connectivity index (χ3v) is 3.10. The first kappa shape index (κ1) is 13.7. The first-order valence-electron chi connectivity index (χ1n) is 5.99. The Morgan fingerprint density at radius 3 is 2.84 bits per heavy atom. The highest BCUT2D eigenvalue weighted by atomic mass is 19.2. The van der Waals surface area contributed by atoms with E-state index in [0.29, 0.717) is 19.4 Å². The molecular formula is C12H14F2N2O3. The lowest BCUT2D eigenvalue weighted by atomic mass is 10.0. The number of hydrogen-bond donors (Lipinski definition) is 1. The monoisotopic (exact) mass is 272 g/mol. The molecule has 1 aromatic carbocycles. The maximum atomic E-state index is 13.7. The van der Waals surface area contributed by atoms with E-state index in [1.807, 2.05) is 6.92 Å². The minimum Gasteiger partial charge on any atom is -0.378 e. The van der Waals surface area contributed by atoms with Crippen molar-refractivity contribution in [2.75, 3.05) is 11.9 Å². The number of nitro benzene ring substituents is 1. The molecular weight excluding hydrogens is 258 g/mol. The number of ether oxygens (including phenoxy) is 1. The van der Waals surface area contributed by atoms with Gasteiger partial charge in [-0.25, -0.2) is 8.78 Å². The Bertz CT molecular complexity index is 496. The zero-order valence-corrected chi connectivity index (χ0v) is 10.4. The van der Waals surface area contributed by atoms with Gasteiger partial charge >= 0.3 is 0 Å². The predicted octanol–water partition coefficient (Wildman–Crippen LogP) is 2.85. The van der Waals surface area contributed by atoms with Gasteiger partial charge in [-0.15, -0.1) is 0 Å². The summed E-state index contributed by atoms with van der Waals surface area (Å²) < 4.78 is 32.2. The van der Waals surface area contributed by atoms with Gasteiger partial charge in [-0.3, -0.25) is 10.1 Å². The molecule has 1 fully saturated rings. The second kappa shape index (κ2) is 5.48. The summed E-state index contributed by atoms with van der Waals surface area (Å²) in [6.07, 6.45) is 1.17. The van der Waals surface area contributed by atoms with E-state index in [1.165, 1.54) is 0 Å². The second-order valence-electron chi connectivity index (χ2n) is 4.56. The molecule has 0 aromatic heterocycles. The van der Waals surface area contributed by atoms with Gasteiger partial charge < -0.3 is 10.1 Å². The number of hydrogen-bond acceptors (Lipinski definition) is 4. The molecule has 1 heterocycles. The van der Waals surface area contributed by atoms with E-state index in [2.05, 4.69) is 5.32 Å². The van der Waals surface area contributed by atoms with Crippen molar-refractivity contribution in [2.45, 2.75) is 31.9 Å². The fourth-order valence-electron chi connectivity index (χ4n) is 2.16. The molecule has 0 amide bonds. The molecule has 2 rings (SSSR count). The average molecular weight is 272 g/mol. The molecule has 5 nitrogen and oxygen atoms in total. The summed E-state index contributed by atoms with van der Waals surface area (Å²) in [5.41, 5.74) is -0.845. The Morgan fingerprint density at radius 1 is 1.47 bits per heavy atom. The average Bonchev–Trinajstić information content (AvgIpc) is 2.35. The van der Waals surface area contributed by atoms with Crippen LogP contribution in [0.15, 0.2) is 12.1 Å². The van der Waals surface area contributed by atoms with Gasteiger partial charge in [-0.1, -0.05) is 0 Å². The molecule has 0 bridgehead atoms. The summed E-state index contributed by atoms with van der Waals surface area (Å²) in [7, 11) is 0. The van der Waals surface area contributed by atoms with E-state index in [4.69, 9.17) is 4.74 Å². The van der Waals surface area contributed by atoms with Gasteiger partial charge in [0.15, 0.2) is 17.3 Å². The molecule has 0 radical (unpaired) electrons. The molecule has 7 heteroatoms. The molecule has 1 aliphatic heterocycles. The van der Waals surface area contributed by atoms with E-state index < -0.39 is 22.2 Å². The highest BCUT2D eigenvalue weighted by Gasteiger charge is 2.26. The standard InChI is InChI=1S/C12H14F2N2O3/c1-7-6-8(4-5-19-7)15-12-10(16(17)18)3-2-9(13)11(12)14/h2-3,7-8,15H,4-6H2,1H3. The first-order chi connectivity index (χ1) is 8.99. The molecule has 19 heavy (non-hydrogen) atoms. The van der Waals surface area contributed by atoms with E-state index in [9.17, 15) is 18.9 Å². The van der Waals surface area contributed by atoms with Crippen LogP contribution >= 0.6 is 0 Å². The van der Waals surface area contributed by atoms with Crippen molar-refractivity contribution >= 4 is 11.4 Å². The largest absolute Gasteiger partial charge is 0.378 e. The maximum absolute atomic E-state index is 13.7. The van der Waals surface area contributed by atoms with Crippen LogP contribution in [-0.4, -0.2) is 23.7 Å². The number of nitrogens with one attached hydrogen (secondary N) is 1. The van der Waals surface area contributed by atoms with Crippen LogP contribution in [0, 0.1) is 21.7 Å². The quantitative estimate of drug-likeness (QED) is 0.678. The second-order valence-corrected chi connectivity index (χ2v) is 4.56. The van der Waals surface area contributed by atoms with Crippen LogP contribution in [0.5, 0.6) is 0 Å². The van der Waals surface area contributed by atoms with Crippen LogP contribution in [0.2, 0.25) is 0 Å². The third-order valence-electron chi connectivity index (χ3n) is 3.10. The highest BCUT2D eigenvalue weighted by Crippen LogP contribution is 2.31. The summed E-state index contributed by atoms with van der Waals surface area (Å²) in [5.74, 6) is -2.32. The van der Waals surface area contributed by atoms with Crippen LogP contribution in [-0.2, 0) is 4.74 Å². The lowest BCUT2D eigenvalue weighted by molar-refractivity contribution is -0.384. The summed E-state index contributed by atoms with van der Waals surface area (Å²) in [6.45, 7) is 2.35. The van der Waals surface area contributed by atoms with Crippen LogP contribution in [0.3, 0.4) is 0 Å². The molecule has 1 aliphatic rings. The normalized spacial score (nSPS) is 23.1. The molecule has 1 N–H and O–H groups in total. The van der Waals surface area contributed by atoms with Crippen LogP contribution < -0.4 is 5.32 Å². The molecule has 1 aromatic rings. The number of rotatable bonds is 3. The van der Waals surface area contributed by atoms with Crippen molar-refractivity contribution in [3.8, 4) is 0 Å². The zero-order valence-electron chi connectivity index (χ0n) is 10.4. The highest BCUT2D eigenvalue weighted by molar-refractivity contribution is 5.63. The number of benzene rings is 1. The number of nitro groups is 1. The summed E-state index contributed by atoms with van der Waals surface area (Å²) in [6, 6.07) is 1.55. The van der Waals surface area contributed by atoms with Gasteiger partial charge in [-0.05, 0) is 25.8 Å². The van der Waals surface area contributed by atoms with Crippen molar-refractivity contribution < 1.29 is 18.4 Å². The molecule has 0 saturated carbocycles. The van der Waals surface area contributed by atoms with E-state index in [0.717, 1.165) is 12.1 Å². The van der Waals surface area contributed by atoms with Gasteiger partial charge in [0.1, 0.15) is 0 Å². The molecule has 1 saturated heterocycles. The zero-order chi connectivity index (χ0) is 14.0. The molecule has 2 atom stereocenters. The minimum atomic E-state index is -1.21. The maximum Gasteiger partial charge on any atom is 0.295 e. The lowest BCUT2D eigenvalue weighted by Crippen LogP contribution is -2.33. The Kier molecular flexibility index (Phi) is 3.94. The smallest absolute Gasteiger partial charge is 0.295 e. The van der Waals surface area contributed by atoms with Crippen molar-refractivity contribution in [1.29, 1.82) is 0 Å². The first-order valence-corrected chi connectivity index (χ1v) is 5.99. The van der Waals surface area contributed by atoms with Crippen molar-refractivity contribution in [1.82, 2.24) is 0 Å². The Hall–Kier alpha value is -1.76. The van der Waals surface area contributed by atoms with Crippen LogP contribution in [0.1, 0.15) is 19.8 Å². The molecule has 0 spiro atoms. The molecule has 104 valence electrons. The number of nitrogens with zero attached hydrogens (tertiary/aromatic N) is 1. The van der Waals surface area contributed by atoms with Crippen molar-refractivity contribution in [2.24, 2.45) is 0 Å². The fraction of sp³-hybridized carbons (Fsp3) is 0.500. The van der Waals surface area contributed by atoms with Crippen molar-refractivity contribution in [3.63, 3.8) is 0 Å². The summed E-state index contributed by atoms with van der Waals surface area (Å²) in [4.78, 5) is 10.1. The van der Waals surface area contributed by atoms with Gasteiger partial charge in [0.05, 0.1) is 11.0 Å². The lowest BCUT2D eigenvalue weighted by Gasteiger charge is -2.28. The SMILES string of the molecule is CC1CC(Nc2c([N+](=O)[O-])ccc(F)c2F)CCO1. The van der Waals surface area contributed by atoms with Gasteiger partial charge in [-0.2, -0.15) is 0 Å². The van der Waals surface area contributed by atoms with Crippen LogP contribution in [0.4, 0.5) is 20.2 Å². The van der Waals surface area contributed by atoms with E-state index in [1.54, 1.807) is 0 Å². The van der Waals surface area contributed by atoms with Gasteiger partial charge in [0.25, 0.3) is 5.69 Å². The van der Waals surface area contributed by atoms with Crippen molar-refractivity contribution in [3.05, 3.63) is 33.9 Å². The topological polar surface area (TPSA) is 64.4 Å². The Labute approximate surface area is 108 Å². The molecule has 2 unspecified atom stereocenters. The third kappa shape index (κ3) is 2.98. The summed E-state index contributed by atoms with van der Waals surface area (Å²) >= 11 is 0. The fourth-order valence-corrected chi connectivity index (χ4v) is 2.16. The van der Waals surface area contributed by atoms with Gasteiger partial charge in [0.2, 0.25) is 0 Å². The Morgan fingerprint density at radius 2 is 2.21 bits per heavy atom. The van der Waals surface area contributed by atoms with E-state index >= 15 is 0 Å². The molecule has 0 aliphatic carbocycles. The number of anilines is 1. The summed E-state index contributed by atoms with van der Waals surface area (Å²) in [5, 5.41) is 13.6. The predicted molar refractivity (Wildman–Crippen MR) is 65.1 cm³/mol. The number of halogens is 2. The van der Waals surface area contributed by atoms with Crippen LogP contribution in [0.25, 0.3) is 0 Å².